The lowest BCUT2D eigenvalue weighted by Gasteiger charge is -2.15. The minimum Gasteiger partial charge on any atom is -0.376 e. The van der Waals surface area contributed by atoms with Gasteiger partial charge in [-0.2, -0.15) is 21.6 Å². The summed E-state index contributed by atoms with van der Waals surface area (Å²) in [6.45, 7) is 0. The molecule has 0 fully saturated rings. The summed E-state index contributed by atoms with van der Waals surface area (Å²) in [5.41, 5.74) is -5.42. The normalized spacial score (nSPS) is 21.8. The first kappa shape index (κ1) is 13.4. The van der Waals surface area contributed by atoms with Crippen LogP contribution in [0.3, 0.4) is 0 Å². The van der Waals surface area contributed by atoms with E-state index < -0.39 is 15.6 Å². The van der Waals surface area contributed by atoms with Gasteiger partial charge in [0, 0.05) is 5.88 Å². The molecule has 1 atom stereocenters. The Kier molecular flexibility index (Phi) is 3.90. The molecule has 1 unspecified atom stereocenters. The molecule has 0 N–H and O–H groups in total. The van der Waals surface area contributed by atoms with E-state index in [9.17, 15) is 21.6 Å². The third kappa shape index (κ3) is 3.15. The van der Waals surface area contributed by atoms with Crippen molar-refractivity contribution in [3.63, 3.8) is 0 Å². The fourth-order valence-electron chi connectivity index (χ4n) is 1.05. The summed E-state index contributed by atoms with van der Waals surface area (Å²) in [4.78, 5) is 0. The number of rotatable bonds is 3. The molecule has 0 aromatic carbocycles. The van der Waals surface area contributed by atoms with Crippen molar-refractivity contribution in [1.82, 2.24) is 0 Å². The Hall–Kier alpha value is -0.690. The molecule has 0 saturated carbocycles. The minimum atomic E-state index is -5.59. The monoisotopic (exact) mass is 276 g/mol. The Morgan fingerprint density at radius 2 is 2.12 bits per heavy atom. The zero-order valence-corrected chi connectivity index (χ0v) is 9.44. The molecule has 0 spiro atoms. The SMILES string of the molecule is O=S(=O)(OC1=CC(CCl)CC=C1)C(F)(F)F. The molecule has 0 bridgehead atoms. The summed E-state index contributed by atoms with van der Waals surface area (Å²) < 4.78 is 61.2. The van der Waals surface area contributed by atoms with Gasteiger partial charge in [-0.1, -0.05) is 6.08 Å². The highest BCUT2D eigenvalue weighted by molar-refractivity contribution is 7.87. The van der Waals surface area contributed by atoms with Crippen molar-refractivity contribution in [2.75, 3.05) is 5.88 Å². The first-order valence-corrected chi connectivity index (χ1v) is 6.15. The van der Waals surface area contributed by atoms with E-state index in [1.54, 1.807) is 0 Å². The van der Waals surface area contributed by atoms with E-state index in [1.165, 1.54) is 18.2 Å². The molecule has 16 heavy (non-hydrogen) atoms. The van der Waals surface area contributed by atoms with Crippen LogP contribution in [0.1, 0.15) is 6.42 Å². The van der Waals surface area contributed by atoms with E-state index in [0.29, 0.717) is 6.42 Å². The Balaban J connectivity index is 2.83. The molecule has 1 aliphatic rings. The fourth-order valence-corrected chi connectivity index (χ4v) is 1.73. The summed E-state index contributed by atoms with van der Waals surface area (Å²) >= 11 is 5.50. The van der Waals surface area contributed by atoms with E-state index in [4.69, 9.17) is 11.6 Å². The van der Waals surface area contributed by atoms with Crippen LogP contribution < -0.4 is 0 Å². The summed E-state index contributed by atoms with van der Waals surface area (Å²) in [6.07, 6.45) is 4.49. The van der Waals surface area contributed by atoms with Crippen molar-refractivity contribution in [3.05, 3.63) is 24.0 Å². The van der Waals surface area contributed by atoms with Crippen LogP contribution in [0.25, 0.3) is 0 Å². The topological polar surface area (TPSA) is 43.4 Å². The average molecular weight is 277 g/mol. The molecule has 3 nitrogen and oxygen atoms in total. The maximum atomic E-state index is 12.0. The van der Waals surface area contributed by atoms with Gasteiger partial charge in [-0.3, -0.25) is 0 Å². The van der Waals surface area contributed by atoms with Gasteiger partial charge in [-0.15, -0.1) is 11.6 Å². The van der Waals surface area contributed by atoms with Crippen LogP contribution in [0.2, 0.25) is 0 Å². The van der Waals surface area contributed by atoms with Gasteiger partial charge >= 0.3 is 15.6 Å². The Labute approximate surface area is 95.7 Å². The van der Waals surface area contributed by atoms with Crippen molar-refractivity contribution in [2.45, 2.75) is 11.9 Å². The van der Waals surface area contributed by atoms with Gasteiger partial charge in [-0.05, 0) is 24.5 Å². The number of alkyl halides is 4. The molecule has 1 aliphatic carbocycles. The van der Waals surface area contributed by atoms with Gasteiger partial charge in [0.25, 0.3) is 0 Å². The van der Waals surface area contributed by atoms with Crippen LogP contribution in [0.5, 0.6) is 0 Å². The molecular weight excluding hydrogens is 269 g/mol. The largest absolute Gasteiger partial charge is 0.534 e. The summed E-state index contributed by atoms with van der Waals surface area (Å²) in [5.74, 6) is -0.386. The lowest BCUT2D eigenvalue weighted by molar-refractivity contribution is -0.0520. The standard InChI is InChI=1S/C8H8ClF3O3S/c9-5-6-2-1-3-7(4-6)15-16(13,14)8(10,11)12/h1,3-4,6H,2,5H2. The quantitative estimate of drug-likeness (QED) is 0.452. The highest BCUT2D eigenvalue weighted by Gasteiger charge is 2.48. The Bertz CT molecular complexity index is 411. The molecule has 0 radical (unpaired) electrons. The summed E-state index contributed by atoms with van der Waals surface area (Å²) in [7, 11) is -5.59. The first-order chi connectivity index (χ1) is 7.26. The molecule has 92 valence electrons. The smallest absolute Gasteiger partial charge is 0.376 e. The Morgan fingerprint density at radius 3 is 2.62 bits per heavy atom. The second kappa shape index (κ2) is 4.67. The molecule has 0 aliphatic heterocycles. The third-order valence-corrected chi connectivity index (χ3v) is 3.18. The number of halogens is 4. The molecule has 1 rings (SSSR count). The summed E-state index contributed by atoms with van der Waals surface area (Å²) in [5, 5.41) is 0. The van der Waals surface area contributed by atoms with Gasteiger partial charge in [-0.25, -0.2) is 0 Å². The maximum absolute atomic E-state index is 12.0. The highest BCUT2D eigenvalue weighted by atomic mass is 35.5. The van der Waals surface area contributed by atoms with Gasteiger partial charge in [0.05, 0.1) is 0 Å². The molecule has 8 heteroatoms. The zero-order valence-electron chi connectivity index (χ0n) is 7.87. The van der Waals surface area contributed by atoms with Crippen LogP contribution in [0.4, 0.5) is 13.2 Å². The van der Waals surface area contributed by atoms with Crippen LogP contribution in [-0.2, 0) is 14.3 Å². The molecule has 0 aromatic rings. The first-order valence-electron chi connectivity index (χ1n) is 4.21. The van der Waals surface area contributed by atoms with Crippen molar-refractivity contribution >= 4 is 21.7 Å². The van der Waals surface area contributed by atoms with Crippen molar-refractivity contribution in [2.24, 2.45) is 5.92 Å². The lowest BCUT2D eigenvalue weighted by atomic mass is 10.0. The van der Waals surface area contributed by atoms with E-state index in [2.05, 4.69) is 4.18 Å². The van der Waals surface area contributed by atoms with E-state index in [0.717, 1.165) is 0 Å². The highest BCUT2D eigenvalue weighted by Crippen LogP contribution is 2.28. The predicted molar refractivity (Wildman–Crippen MR) is 52.1 cm³/mol. The van der Waals surface area contributed by atoms with Crippen LogP contribution in [-0.4, -0.2) is 19.8 Å². The number of allylic oxidation sites excluding steroid dienone is 3. The van der Waals surface area contributed by atoms with Crippen molar-refractivity contribution < 1.29 is 25.8 Å². The predicted octanol–water partition coefficient (Wildman–Crippen LogP) is 2.55. The number of hydrogen-bond acceptors (Lipinski definition) is 3. The second-order valence-electron chi connectivity index (χ2n) is 3.10. The molecular formula is C8H8ClF3O3S. The van der Waals surface area contributed by atoms with Crippen LogP contribution in [0, 0.1) is 5.92 Å². The zero-order chi connectivity index (χ0) is 12.4. The third-order valence-electron chi connectivity index (χ3n) is 1.81. The van der Waals surface area contributed by atoms with Crippen LogP contribution >= 0.6 is 11.6 Å². The van der Waals surface area contributed by atoms with Gasteiger partial charge in [0.2, 0.25) is 0 Å². The fraction of sp³-hybridized carbons (Fsp3) is 0.500. The summed E-state index contributed by atoms with van der Waals surface area (Å²) in [6, 6.07) is 0. The molecule has 0 aromatic heterocycles. The molecule has 0 saturated heterocycles. The van der Waals surface area contributed by atoms with Crippen molar-refractivity contribution in [3.8, 4) is 0 Å². The second-order valence-corrected chi connectivity index (χ2v) is 4.95. The van der Waals surface area contributed by atoms with E-state index in [1.807, 2.05) is 0 Å². The van der Waals surface area contributed by atoms with E-state index >= 15 is 0 Å². The Morgan fingerprint density at radius 1 is 1.50 bits per heavy atom. The number of hydrogen-bond donors (Lipinski definition) is 0. The molecule has 0 heterocycles. The van der Waals surface area contributed by atoms with Crippen LogP contribution in [0.15, 0.2) is 24.0 Å². The molecule has 0 amide bonds. The van der Waals surface area contributed by atoms with E-state index in [-0.39, 0.29) is 17.6 Å². The minimum absolute atomic E-state index is 0.184. The maximum Gasteiger partial charge on any atom is 0.534 e. The lowest BCUT2D eigenvalue weighted by Crippen LogP contribution is -2.25. The van der Waals surface area contributed by atoms with Crippen molar-refractivity contribution in [1.29, 1.82) is 0 Å². The average Bonchev–Trinajstić information content (AvgIpc) is 2.15. The van der Waals surface area contributed by atoms with Gasteiger partial charge < -0.3 is 4.18 Å². The van der Waals surface area contributed by atoms with Gasteiger partial charge in [0.15, 0.2) is 0 Å². The van der Waals surface area contributed by atoms with Gasteiger partial charge in [0.1, 0.15) is 5.76 Å².